The van der Waals surface area contributed by atoms with Crippen LogP contribution in [-0.4, -0.2) is 43.4 Å². The maximum Gasteiger partial charge on any atom is 0.390 e. The van der Waals surface area contributed by atoms with Gasteiger partial charge in [0, 0.05) is 32.2 Å². The summed E-state index contributed by atoms with van der Waals surface area (Å²) in [6.45, 7) is 6.55. The molecule has 0 radical (unpaired) electrons. The van der Waals surface area contributed by atoms with Crippen LogP contribution >= 0.6 is 0 Å². The van der Waals surface area contributed by atoms with Gasteiger partial charge in [-0.05, 0) is 31.5 Å². The largest absolute Gasteiger partial charge is 0.491 e. The summed E-state index contributed by atoms with van der Waals surface area (Å²) in [7, 11) is 0. The average Bonchev–Trinajstić information content (AvgIpc) is 2.45. The predicted molar refractivity (Wildman–Crippen MR) is 80.1 cm³/mol. The van der Waals surface area contributed by atoms with Crippen LogP contribution in [0.3, 0.4) is 0 Å². The summed E-state index contributed by atoms with van der Waals surface area (Å²) < 4.78 is 44.3. The van der Waals surface area contributed by atoms with Crippen LogP contribution in [0.5, 0.6) is 5.75 Å². The van der Waals surface area contributed by atoms with Gasteiger partial charge in [-0.2, -0.15) is 13.2 Å². The van der Waals surface area contributed by atoms with Gasteiger partial charge in [-0.1, -0.05) is 12.1 Å². The van der Waals surface area contributed by atoms with Crippen LogP contribution in [0.2, 0.25) is 0 Å². The number of halogens is 3. The molecule has 0 spiro atoms. The second-order valence-electron chi connectivity index (χ2n) is 5.86. The highest BCUT2D eigenvalue weighted by molar-refractivity contribution is 5.29. The molecule has 124 valence electrons. The van der Waals surface area contributed by atoms with E-state index in [4.69, 9.17) is 4.74 Å². The fourth-order valence-corrected chi connectivity index (χ4v) is 2.71. The third kappa shape index (κ3) is 5.18. The van der Waals surface area contributed by atoms with Gasteiger partial charge in [-0.3, -0.25) is 4.90 Å². The topological polar surface area (TPSA) is 24.5 Å². The van der Waals surface area contributed by atoms with Crippen LogP contribution in [0.1, 0.15) is 31.9 Å². The molecule has 1 aromatic rings. The molecular formula is C16H23F3N2O. The molecule has 0 aliphatic carbocycles. The summed E-state index contributed by atoms with van der Waals surface area (Å²) >= 11 is 0. The van der Waals surface area contributed by atoms with E-state index < -0.39 is 18.6 Å². The molecule has 1 heterocycles. The van der Waals surface area contributed by atoms with E-state index >= 15 is 0 Å². The van der Waals surface area contributed by atoms with Crippen LogP contribution in [0.15, 0.2) is 24.3 Å². The average molecular weight is 316 g/mol. The zero-order valence-corrected chi connectivity index (χ0v) is 13.0. The van der Waals surface area contributed by atoms with E-state index in [1.807, 2.05) is 18.7 Å². The number of ether oxygens (including phenoxy) is 1. The highest BCUT2D eigenvalue weighted by Crippen LogP contribution is 2.34. The first kappa shape index (κ1) is 17.1. The molecule has 1 atom stereocenters. The minimum absolute atomic E-state index is 0.0463. The van der Waals surface area contributed by atoms with Gasteiger partial charge in [-0.15, -0.1) is 0 Å². The van der Waals surface area contributed by atoms with Crippen molar-refractivity contribution in [3.05, 3.63) is 29.8 Å². The van der Waals surface area contributed by atoms with Gasteiger partial charge in [0.25, 0.3) is 0 Å². The molecule has 0 unspecified atom stereocenters. The van der Waals surface area contributed by atoms with Crippen molar-refractivity contribution in [1.82, 2.24) is 10.2 Å². The molecule has 1 aromatic carbocycles. The summed E-state index contributed by atoms with van der Waals surface area (Å²) in [5.41, 5.74) is 0.690. The number of nitrogens with zero attached hydrogens (tertiary/aromatic N) is 1. The highest BCUT2D eigenvalue weighted by Gasteiger charge is 2.35. The summed E-state index contributed by atoms with van der Waals surface area (Å²) in [5, 5.41) is 3.17. The molecule has 1 aliphatic rings. The second-order valence-corrected chi connectivity index (χ2v) is 5.86. The van der Waals surface area contributed by atoms with E-state index in [-0.39, 0.29) is 6.10 Å². The summed E-state index contributed by atoms with van der Waals surface area (Å²) in [5.74, 6) is 0.685. The maximum atomic E-state index is 12.9. The van der Waals surface area contributed by atoms with Crippen molar-refractivity contribution in [1.29, 1.82) is 0 Å². The van der Waals surface area contributed by atoms with Gasteiger partial charge in [0.15, 0.2) is 0 Å². The van der Waals surface area contributed by atoms with Gasteiger partial charge in [0.05, 0.1) is 12.5 Å². The highest BCUT2D eigenvalue weighted by atomic mass is 19.4. The van der Waals surface area contributed by atoms with Crippen LogP contribution in [0.25, 0.3) is 0 Å². The minimum Gasteiger partial charge on any atom is -0.491 e. The van der Waals surface area contributed by atoms with Crippen LogP contribution < -0.4 is 10.1 Å². The van der Waals surface area contributed by atoms with Crippen molar-refractivity contribution >= 4 is 0 Å². The molecule has 0 aromatic heterocycles. The Balaban J connectivity index is 2.16. The lowest BCUT2D eigenvalue weighted by atomic mass is 10.0. The number of alkyl halides is 3. The first-order valence-corrected chi connectivity index (χ1v) is 7.63. The Kier molecular flexibility index (Phi) is 5.69. The molecule has 0 saturated carbocycles. The van der Waals surface area contributed by atoms with E-state index in [1.165, 1.54) is 0 Å². The lowest BCUT2D eigenvalue weighted by Gasteiger charge is -2.35. The van der Waals surface area contributed by atoms with Crippen molar-refractivity contribution in [3.63, 3.8) is 0 Å². The summed E-state index contributed by atoms with van der Waals surface area (Å²) in [6, 6.07) is 6.36. The number of hydrogen-bond donors (Lipinski definition) is 1. The fraction of sp³-hybridized carbons (Fsp3) is 0.625. The van der Waals surface area contributed by atoms with Crippen molar-refractivity contribution in [2.24, 2.45) is 0 Å². The van der Waals surface area contributed by atoms with E-state index in [2.05, 4.69) is 5.32 Å². The molecule has 22 heavy (non-hydrogen) atoms. The Morgan fingerprint density at radius 3 is 2.23 bits per heavy atom. The SMILES string of the molecule is CC(C)Oc1ccc([C@H](CC(F)(F)F)N2CCNCC2)cc1. The van der Waals surface area contributed by atoms with E-state index in [9.17, 15) is 13.2 Å². The molecule has 1 aliphatic heterocycles. The monoisotopic (exact) mass is 316 g/mol. The summed E-state index contributed by atoms with van der Waals surface area (Å²) in [4.78, 5) is 1.91. The Bertz CT molecular complexity index is 453. The first-order valence-electron chi connectivity index (χ1n) is 7.63. The lowest BCUT2D eigenvalue weighted by Crippen LogP contribution is -2.46. The second kappa shape index (κ2) is 7.33. The molecule has 3 nitrogen and oxygen atoms in total. The van der Waals surface area contributed by atoms with Crippen molar-refractivity contribution in [2.75, 3.05) is 26.2 Å². The lowest BCUT2D eigenvalue weighted by molar-refractivity contribution is -0.148. The minimum atomic E-state index is -4.18. The van der Waals surface area contributed by atoms with Crippen molar-refractivity contribution < 1.29 is 17.9 Å². The Morgan fingerprint density at radius 2 is 1.73 bits per heavy atom. The zero-order chi connectivity index (χ0) is 16.2. The number of piperazine rings is 1. The van der Waals surface area contributed by atoms with Gasteiger partial charge >= 0.3 is 6.18 Å². The molecule has 1 N–H and O–H groups in total. The van der Waals surface area contributed by atoms with Crippen LogP contribution in [-0.2, 0) is 0 Å². The van der Waals surface area contributed by atoms with Crippen molar-refractivity contribution in [2.45, 2.75) is 38.6 Å². The standard InChI is InChI=1S/C16H23F3N2O/c1-12(2)22-14-5-3-13(4-6-14)15(11-16(17,18)19)21-9-7-20-8-10-21/h3-6,12,15,20H,7-11H2,1-2H3/t15-/m0/s1. The first-order chi connectivity index (χ1) is 10.3. The van der Waals surface area contributed by atoms with Crippen LogP contribution in [0.4, 0.5) is 13.2 Å². The molecule has 2 rings (SSSR count). The Hall–Kier alpha value is -1.27. The quantitative estimate of drug-likeness (QED) is 0.901. The molecule has 1 saturated heterocycles. The number of benzene rings is 1. The smallest absolute Gasteiger partial charge is 0.390 e. The Labute approximate surface area is 129 Å². The molecular weight excluding hydrogens is 293 g/mol. The number of rotatable bonds is 5. The Morgan fingerprint density at radius 1 is 1.14 bits per heavy atom. The van der Waals surface area contributed by atoms with Gasteiger partial charge in [0.1, 0.15) is 5.75 Å². The fourth-order valence-electron chi connectivity index (χ4n) is 2.71. The zero-order valence-electron chi connectivity index (χ0n) is 13.0. The molecule has 0 bridgehead atoms. The van der Waals surface area contributed by atoms with E-state index in [1.54, 1.807) is 24.3 Å². The van der Waals surface area contributed by atoms with Crippen molar-refractivity contribution in [3.8, 4) is 5.75 Å². The third-order valence-electron chi connectivity index (χ3n) is 3.65. The summed E-state index contributed by atoms with van der Waals surface area (Å²) in [6.07, 6.45) is -4.95. The van der Waals surface area contributed by atoms with Gasteiger partial charge in [0.2, 0.25) is 0 Å². The van der Waals surface area contributed by atoms with Crippen LogP contribution in [0, 0.1) is 0 Å². The predicted octanol–water partition coefficient (Wildman–Crippen LogP) is 3.37. The van der Waals surface area contributed by atoms with E-state index in [0.29, 0.717) is 24.4 Å². The molecule has 0 amide bonds. The molecule has 6 heteroatoms. The van der Waals surface area contributed by atoms with Gasteiger partial charge in [-0.25, -0.2) is 0 Å². The number of hydrogen-bond acceptors (Lipinski definition) is 3. The molecule has 1 fully saturated rings. The third-order valence-corrected chi connectivity index (χ3v) is 3.65. The van der Waals surface area contributed by atoms with E-state index in [0.717, 1.165) is 13.1 Å². The number of nitrogens with one attached hydrogen (secondary N) is 1. The maximum absolute atomic E-state index is 12.9. The van der Waals surface area contributed by atoms with Gasteiger partial charge < -0.3 is 10.1 Å². The normalized spacial score (nSPS) is 18.5.